The van der Waals surface area contributed by atoms with E-state index >= 15 is 0 Å². The van der Waals surface area contributed by atoms with Crippen LogP contribution in [0.25, 0.3) is 22.2 Å². The Kier molecular flexibility index (Phi) is 4.90. The first kappa shape index (κ1) is 19.2. The summed E-state index contributed by atoms with van der Waals surface area (Å²) in [5.74, 6) is 0.894. The predicted octanol–water partition coefficient (Wildman–Crippen LogP) is 4.07. The zero-order chi connectivity index (χ0) is 20.6. The minimum absolute atomic E-state index is 0.0164. The summed E-state index contributed by atoms with van der Waals surface area (Å²) in [5, 5.41) is 1.01. The molecule has 0 saturated carbocycles. The summed E-state index contributed by atoms with van der Waals surface area (Å²) in [7, 11) is 0. The van der Waals surface area contributed by atoms with E-state index in [1.54, 1.807) is 11.2 Å². The molecule has 1 unspecified atom stereocenters. The topological polar surface area (TPSA) is 74.4 Å². The van der Waals surface area contributed by atoms with Crippen LogP contribution in [0.5, 0.6) is 0 Å². The number of nitrogens with zero attached hydrogens (tertiary/aromatic N) is 4. The lowest BCUT2D eigenvalue weighted by atomic mass is 10.1. The first-order chi connectivity index (χ1) is 13.8. The molecule has 0 bridgehead atoms. The fourth-order valence-corrected chi connectivity index (χ4v) is 3.77. The number of hydrogen-bond acceptors (Lipinski definition) is 5. The fourth-order valence-electron chi connectivity index (χ4n) is 3.77. The van der Waals surface area contributed by atoms with Crippen LogP contribution >= 0.6 is 0 Å². The molecule has 1 fully saturated rings. The molecule has 152 valence electrons. The fraction of sp³-hybridized carbons (Fsp3) is 0.409. The molecule has 1 aromatic carbocycles. The average molecular weight is 393 g/mol. The number of rotatable bonds is 2. The van der Waals surface area contributed by atoms with Crippen molar-refractivity contribution < 1.29 is 9.53 Å². The van der Waals surface area contributed by atoms with Crippen molar-refractivity contribution >= 4 is 22.9 Å². The maximum atomic E-state index is 12.5. The predicted molar refractivity (Wildman–Crippen MR) is 114 cm³/mol. The van der Waals surface area contributed by atoms with Crippen LogP contribution in [0.3, 0.4) is 0 Å². The summed E-state index contributed by atoms with van der Waals surface area (Å²) in [6.45, 7) is 9.68. The number of carbonyl (C=O) groups is 1. The Morgan fingerprint density at radius 1 is 1.17 bits per heavy atom. The second-order valence-corrected chi connectivity index (χ2v) is 8.46. The Morgan fingerprint density at radius 2 is 1.93 bits per heavy atom. The highest BCUT2D eigenvalue weighted by Gasteiger charge is 2.32. The van der Waals surface area contributed by atoms with Gasteiger partial charge in [-0.05, 0) is 33.3 Å². The second kappa shape index (κ2) is 7.39. The highest BCUT2D eigenvalue weighted by Crippen LogP contribution is 2.34. The standard InChI is InChI=1S/C22H27N5O2/c1-15-13-26(10-11-27(15)21(28)29-22(2,3)4)20-18-17(16-8-6-5-7-9-16)12-23-19(18)24-14-25-20/h5-9,12,14-15H,10-11,13H2,1-4H3,(H,23,24,25). The number of nitrogens with one attached hydrogen (secondary N) is 1. The molecule has 1 amide bonds. The first-order valence-corrected chi connectivity index (χ1v) is 9.95. The summed E-state index contributed by atoms with van der Waals surface area (Å²) < 4.78 is 5.56. The number of piperazine rings is 1. The molecular formula is C22H27N5O2. The third kappa shape index (κ3) is 3.90. The van der Waals surface area contributed by atoms with Crippen molar-refractivity contribution in [2.75, 3.05) is 24.5 Å². The zero-order valence-electron chi connectivity index (χ0n) is 17.3. The van der Waals surface area contributed by atoms with E-state index in [0.29, 0.717) is 19.6 Å². The quantitative estimate of drug-likeness (QED) is 0.710. The molecule has 3 aromatic rings. The molecular weight excluding hydrogens is 366 g/mol. The first-order valence-electron chi connectivity index (χ1n) is 9.95. The minimum Gasteiger partial charge on any atom is -0.444 e. The highest BCUT2D eigenvalue weighted by atomic mass is 16.6. The van der Waals surface area contributed by atoms with Gasteiger partial charge in [-0.15, -0.1) is 0 Å². The van der Waals surface area contributed by atoms with Gasteiger partial charge in [-0.25, -0.2) is 14.8 Å². The van der Waals surface area contributed by atoms with Crippen molar-refractivity contribution in [3.8, 4) is 11.1 Å². The lowest BCUT2D eigenvalue weighted by molar-refractivity contribution is 0.0159. The van der Waals surface area contributed by atoms with Gasteiger partial charge in [-0.3, -0.25) is 0 Å². The van der Waals surface area contributed by atoms with Gasteiger partial charge >= 0.3 is 6.09 Å². The number of carbonyl (C=O) groups excluding carboxylic acids is 1. The number of H-pyrrole nitrogens is 1. The molecule has 7 nitrogen and oxygen atoms in total. The molecule has 29 heavy (non-hydrogen) atoms. The zero-order valence-corrected chi connectivity index (χ0v) is 17.3. The van der Waals surface area contributed by atoms with E-state index in [0.717, 1.165) is 28.0 Å². The summed E-state index contributed by atoms with van der Waals surface area (Å²) in [6, 6.07) is 10.2. The molecule has 0 spiro atoms. The minimum atomic E-state index is -0.498. The maximum absolute atomic E-state index is 12.5. The smallest absolute Gasteiger partial charge is 0.410 e. The number of anilines is 1. The largest absolute Gasteiger partial charge is 0.444 e. The molecule has 1 aliphatic heterocycles. The van der Waals surface area contributed by atoms with Crippen molar-refractivity contribution in [1.82, 2.24) is 19.9 Å². The van der Waals surface area contributed by atoms with E-state index in [2.05, 4.69) is 32.0 Å². The summed E-state index contributed by atoms with van der Waals surface area (Å²) >= 11 is 0. The number of aromatic nitrogens is 3. The Bertz CT molecular complexity index is 1010. The number of amides is 1. The summed E-state index contributed by atoms with van der Waals surface area (Å²) in [5.41, 5.74) is 2.52. The molecule has 0 radical (unpaired) electrons. The van der Waals surface area contributed by atoms with Crippen LogP contribution < -0.4 is 4.90 Å². The van der Waals surface area contributed by atoms with Gasteiger partial charge in [0.05, 0.1) is 5.39 Å². The summed E-state index contributed by atoms with van der Waals surface area (Å²) in [4.78, 5) is 28.9. The average Bonchev–Trinajstić information content (AvgIpc) is 3.11. The van der Waals surface area contributed by atoms with Crippen molar-refractivity contribution in [2.45, 2.75) is 39.3 Å². The van der Waals surface area contributed by atoms with Gasteiger partial charge in [0.25, 0.3) is 0 Å². The van der Waals surface area contributed by atoms with Gasteiger partial charge in [0.15, 0.2) is 0 Å². The lowest BCUT2D eigenvalue weighted by Crippen LogP contribution is -2.55. The molecule has 1 saturated heterocycles. The Hall–Kier alpha value is -3.09. The maximum Gasteiger partial charge on any atom is 0.410 e. The summed E-state index contributed by atoms with van der Waals surface area (Å²) in [6.07, 6.45) is 3.32. The van der Waals surface area contributed by atoms with Gasteiger partial charge < -0.3 is 19.5 Å². The van der Waals surface area contributed by atoms with Crippen LogP contribution in [-0.4, -0.2) is 57.2 Å². The molecule has 1 N–H and O–H groups in total. The van der Waals surface area contributed by atoms with Crippen molar-refractivity contribution in [2.24, 2.45) is 0 Å². The number of ether oxygens (including phenoxy) is 1. The number of hydrogen-bond donors (Lipinski definition) is 1. The monoisotopic (exact) mass is 393 g/mol. The van der Waals surface area contributed by atoms with Crippen LogP contribution in [0.1, 0.15) is 27.7 Å². The van der Waals surface area contributed by atoms with Crippen molar-refractivity contribution in [3.05, 3.63) is 42.9 Å². The molecule has 0 aliphatic carbocycles. The number of fused-ring (bicyclic) bond motifs is 1. The van der Waals surface area contributed by atoms with E-state index in [9.17, 15) is 4.79 Å². The number of benzene rings is 1. The second-order valence-electron chi connectivity index (χ2n) is 8.46. The number of aromatic amines is 1. The Labute approximate surface area is 170 Å². The molecule has 4 rings (SSSR count). The van der Waals surface area contributed by atoms with Crippen LogP contribution in [0.15, 0.2) is 42.9 Å². The van der Waals surface area contributed by atoms with E-state index in [-0.39, 0.29) is 12.1 Å². The molecule has 1 atom stereocenters. The van der Waals surface area contributed by atoms with Crippen molar-refractivity contribution in [1.29, 1.82) is 0 Å². The SMILES string of the molecule is CC1CN(c2ncnc3[nH]cc(-c4ccccc4)c23)CCN1C(=O)OC(C)(C)C. The third-order valence-electron chi connectivity index (χ3n) is 5.09. The van der Waals surface area contributed by atoms with E-state index < -0.39 is 5.60 Å². The van der Waals surface area contributed by atoms with E-state index in [1.165, 1.54) is 0 Å². The van der Waals surface area contributed by atoms with E-state index in [1.807, 2.05) is 52.1 Å². The normalized spacial score (nSPS) is 17.6. The van der Waals surface area contributed by atoms with Crippen LogP contribution in [0.4, 0.5) is 10.6 Å². The van der Waals surface area contributed by atoms with Crippen LogP contribution in [0.2, 0.25) is 0 Å². The molecule has 1 aliphatic rings. The van der Waals surface area contributed by atoms with Gasteiger partial charge in [0, 0.05) is 37.4 Å². The van der Waals surface area contributed by atoms with Crippen LogP contribution in [0, 0.1) is 0 Å². The molecule has 7 heteroatoms. The molecule has 3 heterocycles. The van der Waals surface area contributed by atoms with Gasteiger partial charge in [-0.2, -0.15) is 0 Å². The van der Waals surface area contributed by atoms with Crippen molar-refractivity contribution in [3.63, 3.8) is 0 Å². The van der Waals surface area contributed by atoms with Crippen LogP contribution in [-0.2, 0) is 4.74 Å². The van der Waals surface area contributed by atoms with Gasteiger partial charge in [0.1, 0.15) is 23.4 Å². The Balaban J connectivity index is 1.62. The molecule has 2 aromatic heterocycles. The van der Waals surface area contributed by atoms with E-state index in [4.69, 9.17) is 4.74 Å². The van der Waals surface area contributed by atoms with Gasteiger partial charge in [-0.1, -0.05) is 30.3 Å². The third-order valence-corrected chi connectivity index (χ3v) is 5.09. The highest BCUT2D eigenvalue weighted by molar-refractivity contribution is 6.01. The lowest BCUT2D eigenvalue weighted by Gasteiger charge is -2.40. The Morgan fingerprint density at radius 3 is 2.62 bits per heavy atom. The van der Waals surface area contributed by atoms with Gasteiger partial charge in [0.2, 0.25) is 0 Å².